The van der Waals surface area contributed by atoms with Crippen molar-refractivity contribution >= 4 is 11.1 Å². The first-order valence-corrected chi connectivity index (χ1v) is 15.8. The van der Waals surface area contributed by atoms with E-state index in [1.807, 2.05) is 38.1 Å². The highest BCUT2D eigenvalue weighted by atomic mass is 19.2. The van der Waals surface area contributed by atoms with Gasteiger partial charge in [0.1, 0.15) is 0 Å². The Hall–Kier alpha value is -5.86. The van der Waals surface area contributed by atoms with Crippen LogP contribution in [0, 0.1) is 69.4 Å². The molecule has 2 aliphatic carbocycles. The molecule has 2 unspecified atom stereocenters. The molecule has 0 aromatic heterocycles. The third-order valence-corrected chi connectivity index (χ3v) is 9.96. The third-order valence-electron chi connectivity index (χ3n) is 9.96. The van der Waals surface area contributed by atoms with E-state index in [2.05, 4.69) is 12.1 Å². The summed E-state index contributed by atoms with van der Waals surface area (Å²) in [7, 11) is 0. The zero-order valence-electron chi connectivity index (χ0n) is 27.2. The van der Waals surface area contributed by atoms with Gasteiger partial charge in [-0.05, 0) is 165 Å². The molecule has 2 atom stereocenters. The van der Waals surface area contributed by atoms with Gasteiger partial charge in [-0.3, -0.25) is 0 Å². The highest BCUT2D eigenvalue weighted by Gasteiger charge is 2.34. The van der Waals surface area contributed by atoms with Crippen LogP contribution >= 0.6 is 0 Å². The number of allylic oxidation sites excluding steroid dienone is 2. The number of hydrogen-bond donors (Lipinski definition) is 0. The number of fused-ring (bicyclic) bond motifs is 6. The third kappa shape index (κ3) is 4.94. The summed E-state index contributed by atoms with van der Waals surface area (Å²) >= 11 is 0. The molecule has 7 rings (SSSR count). The van der Waals surface area contributed by atoms with Crippen LogP contribution in [-0.4, -0.2) is 0 Å². The molecule has 0 N–H and O–H groups in total. The summed E-state index contributed by atoms with van der Waals surface area (Å²) in [6.45, 7) is 7.29. The van der Waals surface area contributed by atoms with Gasteiger partial charge in [-0.15, -0.1) is 0 Å². The average molecular weight is 673 g/mol. The van der Waals surface area contributed by atoms with E-state index in [0.717, 1.165) is 91.1 Å². The maximum atomic E-state index is 14.3. The van der Waals surface area contributed by atoms with Gasteiger partial charge < -0.3 is 0 Å². The molecule has 0 heterocycles. The molecule has 246 valence electrons. The van der Waals surface area contributed by atoms with Crippen LogP contribution < -0.4 is 0 Å². The number of rotatable bonds is 4. The molecule has 50 heavy (non-hydrogen) atoms. The SMILES string of the molecule is C/C(=C1\c2cc(-c3cc(F)c(F)c(F)c3)ccc2-c2cc3c(cc21)/C(=C(\C)C(C)C#N)c1cc(-c2cc(F)c(F)c(F)c2)ccc1-3)C(C)C#N. The lowest BCUT2D eigenvalue weighted by Crippen LogP contribution is -1.99. The van der Waals surface area contributed by atoms with Crippen molar-refractivity contribution in [1.29, 1.82) is 10.5 Å². The smallest absolute Gasteiger partial charge is 0.194 e. The Labute approximate surface area is 284 Å². The van der Waals surface area contributed by atoms with Crippen LogP contribution in [0.2, 0.25) is 0 Å². The summed E-state index contributed by atoms with van der Waals surface area (Å²) in [6.07, 6.45) is 0. The van der Waals surface area contributed by atoms with Gasteiger partial charge in [0, 0.05) is 0 Å². The van der Waals surface area contributed by atoms with Crippen molar-refractivity contribution in [1.82, 2.24) is 0 Å². The fourth-order valence-electron chi connectivity index (χ4n) is 7.00. The van der Waals surface area contributed by atoms with Crippen molar-refractivity contribution in [3.8, 4) is 56.6 Å². The molecule has 0 amide bonds. The predicted octanol–water partition coefficient (Wildman–Crippen LogP) is 11.8. The van der Waals surface area contributed by atoms with Crippen LogP contribution in [0.3, 0.4) is 0 Å². The van der Waals surface area contributed by atoms with E-state index >= 15 is 0 Å². The Kier molecular flexibility index (Phi) is 7.80. The Balaban J connectivity index is 1.48. The van der Waals surface area contributed by atoms with Crippen molar-refractivity contribution in [2.45, 2.75) is 27.7 Å². The first-order chi connectivity index (χ1) is 23.8. The number of halogens is 6. The van der Waals surface area contributed by atoms with Gasteiger partial charge in [0.2, 0.25) is 0 Å². The molecule has 0 bridgehead atoms. The first-order valence-electron chi connectivity index (χ1n) is 15.8. The number of benzene rings is 5. The molecule has 5 aromatic carbocycles. The monoisotopic (exact) mass is 672 g/mol. The lowest BCUT2D eigenvalue weighted by atomic mass is 9.88. The minimum Gasteiger partial charge on any atom is -0.204 e. The van der Waals surface area contributed by atoms with Crippen LogP contribution in [0.4, 0.5) is 26.3 Å². The largest absolute Gasteiger partial charge is 0.204 e. The van der Waals surface area contributed by atoms with Crippen LogP contribution in [-0.2, 0) is 0 Å². The molecule has 2 nitrogen and oxygen atoms in total. The summed E-state index contributed by atoms with van der Waals surface area (Å²) in [5.74, 6) is -9.30. The van der Waals surface area contributed by atoms with E-state index in [1.165, 1.54) is 0 Å². The highest BCUT2D eigenvalue weighted by molar-refractivity contribution is 6.10. The summed E-state index contributed by atoms with van der Waals surface area (Å²) in [5, 5.41) is 19.8. The van der Waals surface area contributed by atoms with Crippen LogP contribution in [0.15, 0.2) is 83.9 Å². The normalized spacial score (nSPS) is 15.7. The molecule has 0 saturated carbocycles. The van der Waals surface area contributed by atoms with E-state index in [9.17, 15) is 36.9 Å². The Bertz CT molecular complexity index is 2260. The zero-order chi connectivity index (χ0) is 35.8. The molecular weight excluding hydrogens is 646 g/mol. The Morgan fingerprint density at radius 3 is 1.10 bits per heavy atom. The van der Waals surface area contributed by atoms with Gasteiger partial charge in [-0.1, -0.05) is 24.3 Å². The van der Waals surface area contributed by atoms with Gasteiger partial charge in [0.25, 0.3) is 0 Å². The summed E-state index contributed by atoms with van der Waals surface area (Å²) < 4.78 is 84.6. The molecule has 0 aliphatic heterocycles. The standard InChI is InChI=1S/C42H26F6N2/c1-19(17-49)21(3)39-31-9-23(25-11-35(43)41(47)36(44)12-25)5-7-27(31)29-15-30-28-8-6-24(26-13-37(45)42(48)38(46)14-26)10-32(28)40(22(4)20(2)18-50)34(30)16-33(29)39/h5-16,19-20H,1-4H3/b39-21-,40-22+. The number of nitrogens with zero attached hydrogens (tertiary/aromatic N) is 2. The summed E-state index contributed by atoms with van der Waals surface area (Å²) in [5.41, 5.74) is 10.8. The molecular formula is C42H26F6N2. The Morgan fingerprint density at radius 1 is 0.440 bits per heavy atom. The van der Waals surface area contributed by atoms with Crippen LogP contribution in [0.1, 0.15) is 49.9 Å². The van der Waals surface area contributed by atoms with E-state index < -0.39 is 46.7 Å². The molecule has 0 spiro atoms. The second-order valence-corrected chi connectivity index (χ2v) is 12.8. The molecule has 5 aromatic rings. The van der Waals surface area contributed by atoms with Crippen LogP contribution in [0.25, 0.3) is 55.7 Å². The summed E-state index contributed by atoms with van der Waals surface area (Å²) in [6, 6.07) is 23.1. The molecule has 8 heteroatoms. The Morgan fingerprint density at radius 2 is 0.760 bits per heavy atom. The van der Waals surface area contributed by atoms with Gasteiger partial charge in [0.05, 0.1) is 24.0 Å². The lowest BCUT2D eigenvalue weighted by molar-refractivity contribution is 0.447. The number of nitriles is 2. The van der Waals surface area contributed by atoms with Crippen molar-refractivity contribution in [2.24, 2.45) is 11.8 Å². The number of hydrogen-bond acceptors (Lipinski definition) is 2. The van der Waals surface area contributed by atoms with E-state index in [0.29, 0.717) is 11.1 Å². The molecule has 0 saturated heterocycles. The zero-order valence-corrected chi connectivity index (χ0v) is 27.2. The van der Waals surface area contributed by atoms with Crippen LogP contribution in [0.5, 0.6) is 0 Å². The first kappa shape index (κ1) is 32.7. The predicted molar refractivity (Wildman–Crippen MR) is 181 cm³/mol. The lowest BCUT2D eigenvalue weighted by Gasteiger charge is -2.15. The second kappa shape index (κ2) is 11.9. The van der Waals surface area contributed by atoms with Gasteiger partial charge in [-0.2, -0.15) is 10.5 Å². The fraction of sp³-hybridized carbons (Fsp3) is 0.143. The van der Waals surface area contributed by atoms with Crippen molar-refractivity contribution in [3.63, 3.8) is 0 Å². The minimum atomic E-state index is -1.55. The minimum absolute atomic E-state index is 0.157. The second-order valence-electron chi connectivity index (χ2n) is 12.8. The van der Waals surface area contributed by atoms with E-state index in [1.54, 1.807) is 38.1 Å². The van der Waals surface area contributed by atoms with Crippen molar-refractivity contribution < 1.29 is 26.3 Å². The molecule has 0 radical (unpaired) electrons. The quantitative estimate of drug-likeness (QED) is 0.138. The van der Waals surface area contributed by atoms with E-state index in [-0.39, 0.29) is 11.1 Å². The van der Waals surface area contributed by atoms with Gasteiger partial charge in [0.15, 0.2) is 34.9 Å². The van der Waals surface area contributed by atoms with Crippen molar-refractivity contribution in [3.05, 3.63) is 141 Å². The topological polar surface area (TPSA) is 47.6 Å². The molecule has 2 aliphatic rings. The average Bonchev–Trinajstić information content (AvgIpc) is 3.60. The highest BCUT2D eigenvalue weighted by Crippen LogP contribution is 2.55. The molecule has 0 fully saturated rings. The summed E-state index contributed by atoms with van der Waals surface area (Å²) in [4.78, 5) is 0. The van der Waals surface area contributed by atoms with Crippen molar-refractivity contribution in [2.75, 3.05) is 0 Å². The van der Waals surface area contributed by atoms with E-state index in [4.69, 9.17) is 0 Å². The van der Waals surface area contributed by atoms with Gasteiger partial charge in [-0.25, -0.2) is 26.3 Å². The maximum Gasteiger partial charge on any atom is 0.194 e. The maximum absolute atomic E-state index is 14.3. The van der Waals surface area contributed by atoms with Gasteiger partial charge >= 0.3 is 0 Å². The fourth-order valence-corrected chi connectivity index (χ4v) is 7.00.